The van der Waals surface area contributed by atoms with E-state index in [-0.39, 0.29) is 30.6 Å². The van der Waals surface area contributed by atoms with Crippen molar-refractivity contribution in [1.82, 2.24) is 10.3 Å². The maximum atomic E-state index is 12.6. The summed E-state index contributed by atoms with van der Waals surface area (Å²) in [5.74, 6) is -2.25. The number of anilines is 1. The molecular weight excluding hydrogens is 464 g/mol. The van der Waals surface area contributed by atoms with Crippen molar-refractivity contribution < 1.29 is 38.6 Å². The second kappa shape index (κ2) is 9.92. The molecule has 1 aliphatic carbocycles. The van der Waals surface area contributed by atoms with E-state index in [0.29, 0.717) is 25.7 Å². The van der Waals surface area contributed by atoms with Gasteiger partial charge in [-0.2, -0.15) is 0 Å². The number of carboxylic acids is 1. The Labute approximate surface area is 201 Å². The highest BCUT2D eigenvalue weighted by Crippen LogP contribution is 2.39. The molecule has 1 unspecified atom stereocenters. The third-order valence-electron chi connectivity index (χ3n) is 5.78. The van der Waals surface area contributed by atoms with Gasteiger partial charge >= 0.3 is 24.0 Å². The van der Waals surface area contributed by atoms with Gasteiger partial charge in [0, 0.05) is 12.1 Å². The Kier molecular flexibility index (Phi) is 7.36. The maximum absolute atomic E-state index is 12.6. The summed E-state index contributed by atoms with van der Waals surface area (Å²) in [5, 5.41) is 23.6. The fourth-order valence-electron chi connectivity index (χ4n) is 4.08. The first-order chi connectivity index (χ1) is 16.3. The first-order valence-corrected chi connectivity index (χ1v) is 11.4. The van der Waals surface area contributed by atoms with E-state index in [0.717, 1.165) is 0 Å². The molecule has 13 heteroatoms. The van der Waals surface area contributed by atoms with E-state index < -0.39 is 46.2 Å². The third kappa shape index (κ3) is 6.28. The third-order valence-corrected chi connectivity index (χ3v) is 5.78. The lowest BCUT2D eigenvalue weighted by Gasteiger charge is -2.35. The van der Waals surface area contributed by atoms with Crippen LogP contribution in [0.2, 0.25) is 0 Å². The minimum Gasteiger partial charge on any atom is -0.479 e. The molecule has 3 rings (SSSR count). The molecule has 2 heterocycles. The molecule has 0 aromatic carbocycles. The van der Waals surface area contributed by atoms with Crippen molar-refractivity contribution in [2.45, 2.75) is 83.1 Å². The lowest BCUT2D eigenvalue weighted by molar-refractivity contribution is -0.390. The number of carbonyl (C=O) groups is 3. The number of ether oxygens (including phenoxy) is 3. The van der Waals surface area contributed by atoms with Gasteiger partial charge in [-0.3, -0.25) is 0 Å². The Balaban J connectivity index is 1.69. The van der Waals surface area contributed by atoms with E-state index in [1.54, 1.807) is 27.7 Å². The van der Waals surface area contributed by atoms with Crippen LogP contribution in [0.15, 0.2) is 12.1 Å². The summed E-state index contributed by atoms with van der Waals surface area (Å²) in [7, 11) is 0. The van der Waals surface area contributed by atoms with Crippen molar-refractivity contribution in [3.05, 3.63) is 22.2 Å². The van der Waals surface area contributed by atoms with Crippen LogP contribution in [-0.4, -0.2) is 63.1 Å². The zero-order chi connectivity index (χ0) is 26.0. The number of nitrogens with one attached hydrogen (secondary N) is 1. The molecule has 35 heavy (non-hydrogen) atoms. The number of pyridine rings is 1. The van der Waals surface area contributed by atoms with Crippen molar-refractivity contribution in [3.63, 3.8) is 0 Å². The van der Waals surface area contributed by atoms with E-state index in [1.807, 2.05) is 0 Å². The van der Waals surface area contributed by atoms with Gasteiger partial charge in [-0.05, 0) is 68.8 Å². The van der Waals surface area contributed by atoms with Crippen molar-refractivity contribution in [3.8, 4) is 5.75 Å². The molecule has 1 spiro atoms. The number of amides is 2. The summed E-state index contributed by atoms with van der Waals surface area (Å²) < 4.78 is 16.2. The van der Waals surface area contributed by atoms with Crippen LogP contribution in [0.4, 0.5) is 21.2 Å². The molecule has 2 amide bonds. The molecule has 1 aromatic rings. The van der Waals surface area contributed by atoms with Gasteiger partial charge in [0.25, 0.3) is 5.82 Å². The Morgan fingerprint density at radius 3 is 2.57 bits per heavy atom. The number of nitrogens with zero attached hydrogens (tertiary/aromatic N) is 3. The number of hydrogen-bond donors (Lipinski definition) is 2. The average Bonchev–Trinajstić information content (AvgIpc) is 3.08. The van der Waals surface area contributed by atoms with Gasteiger partial charge < -0.3 is 34.7 Å². The van der Waals surface area contributed by atoms with Crippen molar-refractivity contribution in [2.75, 3.05) is 11.4 Å². The fourth-order valence-corrected chi connectivity index (χ4v) is 4.08. The normalized spacial score (nSPS) is 22.9. The molecule has 0 radical (unpaired) electrons. The van der Waals surface area contributed by atoms with Gasteiger partial charge in [0.05, 0.1) is 6.54 Å². The molecule has 1 atom stereocenters. The van der Waals surface area contributed by atoms with E-state index in [9.17, 15) is 24.5 Å². The molecule has 13 nitrogen and oxygen atoms in total. The average molecular weight is 495 g/mol. The number of nitro groups is 1. The second-order valence-electron chi connectivity index (χ2n) is 9.66. The fraction of sp³-hybridized carbons (Fsp3) is 0.636. The molecule has 0 bridgehead atoms. The summed E-state index contributed by atoms with van der Waals surface area (Å²) in [6, 6.07) is 2.46. The number of rotatable bonds is 7. The lowest BCUT2D eigenvalue weighted by atomic mass is 9.82. The first kappa shape index (κ1) is 26.0. The minimum atomic E-state index is -1.27. The molecule has 1 aliphatic heterocycles. The molecule has 2 aliphatic rings. The van der Waals surface area contributed by atoms with E-state index >= 15 is 0 Å². The van der Waals surface area contributed by atoms with Gasteiger partial charge in [0.2, 0.25) is 5.75 Å². The Hall–Kier alpha value is -3.64. The first-order valence-electron chi connectivity index (χ1n) is 11.4. The highest BCUT2D eigenvalue weighted by molar-refractivity contribution is 5.89. The largest absolute Gasteiger partial charge is 0.479 e. The maximum Gasteiger partial charge on any atom is 0.417 e. The molecule has 192 valence electrons. The number of carbonyl (C=O) groups excluding carboxylic acids is 2. The minimum absolute atomic E-state index is 0.00306. The van der Waals surface area contributed by atoms with Crippen molar-refractivity contribution in [2.24, 2.45) is 0 Å². The monoisotopic (exact) mass is 494 g/mol. The second-order valence-corrected chi connectivity index (χ2v) is 9.66. The van der Waals surface area contributed by atoms with E-state index in [2.05, 4.69) is 10.3 Å². The lowest BCUT2D eigenvalue weighted by Crippen LogP contribution is -2.46. The molecule has 1 aromatic heterocycles. The van der Waals surface area contributed by atoms with Crippen LogP contribution in [0.1, 0.15) is 59.8 Å². The molecule has 2 fully saturated rings. The predicted octanol–water partition coefficient (Wildman–Crippen LogP) is 3.39. The summed E-state index contributed by atoms with van der Waals surface area (Å²) in [4.78, 5) is 51.8. The standard InChI is InChI=1S/C22H30N4O9/c1-5-14(18(27)28)33-15-6-7-16(24-17(15)26(31)32)25-12-22(35-20(25)30)10-8-13(9-11-22)23-19(29)34-21(2,3)4/h6-7,13-14H,5,8-12H2,1-4H3,(H,23,29)(H,27,28). The predicted molar refractivity (Wildman–Crippen MR) is 121 cm³/mol. The van der Waals surface area contributed by atoms with Crippen LogP contribution >= 0.6 is 0 Å². The van der Waals surface area contributed by atoms with Gasteiger partial charge in [-0.1, -0.05) is 6.92 Å². The van der Waals surface area contributed by atoms with Crippen LogP contribution in [0.3, 0.4) is 0 Å². The van der Waals surface area contributed by atoms with Crippen molar-refractivity contribution >= 4 is 29.8 Å². The highest BCUT2D eigenvalue weighted by atomic mass is 16.6. The smallest absolute Gasteiger partial charge is 0.417 e. The summed E-state index contributed by atoms with van der Waals surface area (Å²) >= 11 is 0. The van der Waals surface area contributed by atoms with Crippen LogP contribution in [0, 0.1) is 10.1 Å². The van der Waals surface area contributed by atoms with Gasteiger partial charge in [-0.15, -0.1) is 0 Å². The van der Waals surface area contributed by atoms with E-state index in [4.69, 9.17) is 19.3 Å². The van der Waals surface area contributed by atoms with Gasteiger partial charge in [-0.25, -0.2) is 19.3 Å². The zero-order valence-corrected chi connectivity index (χ0v) is 20.1. The quantitative estimate of drug-likeness (QED) is 0.423. The summed E-state index contributed by atoms with van der Waals surface area (Å²) in [6.45, 7) is 7.05. The van der Waals surface area contributed by atoms with Crippen LogP contribution in [0.25, 0.3) is 0 Å². The topological polar surface area (TPSA) is 170 Å². The summed E-state index contributed by atoms with van der Waals surface area (Å²) in [6.07, 6.45) is -0.273. The number of aromatic nitrogens is 1. The Bertz CT molecular complexity index is 999. The molecule has 1 saturated heterocycles. The zero-order valence-electron chi connectivity index (χ0n) is 20.1. The van der Waals surface area contributed by atoms with Gasteiger partial charge in [0.1, 0.15) is 11.2 Å². The van der Waals surface area contributed by atoms with Gasteiger partial charge in [0.15, 0.2) is 6.10 Å². The van der Waals surface area contributed by atoms with Crippen LogP contribution in [0.5, 0.6) is 5.75 Å². The molecule has 2 N–H and O–H groups in total. The van der Waals surface area contributed by atoms with Crippen LogP contribution in [-0.2, 0) is 14.3 Å². The SMILES string of the molecule is CCC(Oc1ccc(N2CC3(CCC(NC(=O)OC(C)(C)C)CC3)OC2=O)nc1[N+](=O)[O-])C(=O)O. The van der Waals surface area contributed by atoms with Crippen LogP contribution < -0.4 is 15.0 Å². The number of hydrogen-bond acceptors (Lipinski definition) is 9. The van der Waals surface area contributed by atoms with Crippen molar-refractivity contribution in [1.29, 1.82) is 0 Å². The molecule has 1 saturated carbocycles. The highest BCUT2D eigenvalue weighted by Gasteiger charge is 2.49. The van der Waals surface area contributed by atoms with E-state index in [1.165, 1.54) is 17.0 Å². The molecular formula is C22H30N4O9. The number of carboxylic acid groups (broad SMARTS) is 1. The Morgan fingerprint density at radius 2 is 2.03 bits per heavy atom. The Morgan fingerprint density at radius 1 is 1.37 bits per heavy atom. The number of alkyl carbamates (subject to hydrolysis) is 1. The number of aliphatic carboxylic acids is 1. The summed E-state index contributed by atoms with van der Waals surface area (Å²) in [5.41, 5.74) is -1.41.